The molecule has 0 radical (unpaired) electrons. The molecule has 1 heterocycles. The van der Waals surface area contributed by atoms with Crippen LogP contribution < -0.4 is 4.72 Å². The van der Waals surface area contributed by atoms with Crippen LogP contribution in [0.4, 0.5) is 4.39 Å². The average molecular weight is 591 g/mol. The number of hydrogen-bond acceptors (Lipinski definition) is 6. The number of halogens is 3. The number of carbonyl (C=O) groups is 1. The fourth-order valence-electron chi connectivity index (χ4n) is 4.56. The van der Waals surface area contributed by atoms with E-state index in [0.717, 1.165) is 24.0 Å². The summed E-state index contributed by atoms with van der Waals surface area (Å²) >= 11 is 12.0. The third-order valence-electron chi connectivity index (χ3n) is 6.89. The number of piperazine rings is 1. The maximum atomic E-state index is 15.0. The molecular formula is C24H26Cl2FN3O5S2. The van der Waals surface area contributed by atoms with Gasteiger partial charge >= 0.3 is 0 Å². The molecular weight excluding hydrogens is 564 g/mol. The van der Waals surface area contributed by atoms with Gasteiger partial charge in [-0.2, -0.15) is 4.31 Å². The van der Waals surface area contributed by atoms with E-state index in [4.69, 9.17) is 23.2 Å². The van der Waals surface area contributed by atoms with Gasteiger partial charge in [-0.1, -0.05) is 23.2 Å². The number of nitrogens with one attached hydrogen (secondary N) is 1. The standard InChI is InChI=1S/C24H26Cl2FN3O5S2/c25-17-10-18(26)12-20(11-17)37(34,35)30-7-5-29(6-8-30)14-16-9-23(27)22(13-21(16)15-1-2-15)24(31)28-36(32,33)19-3-4-19/h9-13,15,19H,1-8,14H2,(H,28,31). The maximum Gasteiger partial charge on any atom is 0.267 e. The van der Waals surface area contributed by atoms with Crippen molar-refractivity contribution in [3.05, 3.63) is 62.9 Å². The van der Waals surface area contributed by atoms with E-state index < -0.39 is 37.0 Å². The quantitative estimate of drug-likeness (QED) is 0.503. The molecule has 2 aromatic rings. The molecule has 1 aliphatic heterocycles. The SMILES string of the molecule is O=C(NS(=O)(=O)C1CC1)c1cc(C2CC2)c(CN2CCN(S(=O)(=O)c3cc(Cl)cc(Cl)c3)CC2)cc1F. The molecule has 1 amide bonds. The molecule has 8 nitrogen and oxygen atoms in total. The zero-order chi connectivity index (χ0) is 26.5. The number of sulfonamides is 2. The van der Waals surface area contributed by atoms with Gasteiger partial charge < -0.3 is 0 Å². The van der Waals surface area contributed by atoms with Crippen LogP contribution in [0.25, 0.3) is 0 Å². The lowest BCUT2D eigenvalue weighted by Crippen LogP contribution is -2.48. The van der Waals surface area contributed by atoms with Crippen molar-refractivity contribution in [3.8, 4) is 0 Å². The van der Waals surface area contributed by atoms with Gasteiger partial charge in [0.2, 0.25) is 20.0 Å². The lowest BCUT2D eigenvalue weighted by Gasteiger charge is -2.34. The van der Waals surface area contributed by atoms with Crippen LogP contribution in [0.2, 0.25) is 10.0 Å². The lowest BCUT2D eigenvalue weighted by atomic mass is 9.98. The third-order valence-corrected chi connectivity index (χ3v) is 11.0. The van der Waals surface area contributed by atoms with Gasteiger partial charge in [0, 0.05) is 42.8 Å². The first-order valence-electron chi connectivity index (χ1n) is 12.0. The van der Waals surface area contributed by atoms with Crippen molar-refractivity contribution in [2.75, 3.05) is 26.2 Å². The number of amides is 1. The second kappa shape index (κ2) is 10.1. The van der Waals surface area contributed by atoms with Crippen LogP contribution in [0.1, 0.15) is 53.1 Å². The van der Waals surface area contributed by atoms with Crippen molar-refractivity contribution >= 4 is 49.2 Å². The topological polar surface area (TPSA) is 104 Å². The summed E-state index contributed by atoms with van der Waals surface area (Å²) < 4.78 is 68.8. The Kier molecular flexibility index (Phi) is 7.32. The third kappa shape index (κ3) is 5.97. The van der Waals surface area contributed by atoms with Crippen LogP contribution in [0, 0.1) is 5.82 Å². The first kappa shape index (κ1) is 26.8. The van der Waals surface area contributed by atoms with Crippen LogP contribution in [-0.4, -0.2) is 63.4 Å². The summed E-state index contributed by atoms with van der Waals surface area (Å²) in [5, 5.41) is -0.108. The molecule has 200 valence electrons. The summed E-state index contributed by atoms with van der Waals surface area (Å²) in [6, 6.07) is 6.99. The molecule has 3 aliphatic rings. The number of benzene rings is 2. The minimum Gasteiger partial charge on any atom is -0.296 e. The van der Waals surface area contributed by atoms with Crippen molar-refractivity contribution < 1.29 is 26.0 Å². The molecule has 1 saturated heterocycles. The predicted octanol–water partition coefficient (Wildman–Crippen LogP) is 3.74. The molecule has 0 aromatic heterocycles. The molecule has 13 heteroatoms. The van der Waals surface area contributed by atoms with Crippen LogP contribution >= 0.6 is 23.2 Å². The summed E-state index contributed by atoms with van der Waals surface area (Å²) in [5.41, 5.74) is 1.28. The van der Waals surface area contributed by atoms with Gasteiger partial charge in [0.1, 0.15) is 5.82 Å². The maximum absolute atomic E-state index is 15.0. The average Bonchev–Trinajstić information content (AvgIpc) is 3.71. The Hall–Kier alpha value is -1.76. The number of carbonyl (C=O) groups excluding carboxylic acids is 1. The lowest BCUT2D eigenvalue weighted by molar-refractivity contribution is 0.0977. The van der Waals surface area contributed by atoms with E-state index in [-0.39, 0.29) is 39.5 Å². The molecule has 1 N–H and O–H groups in total. The summed E-state index contributed by atoms with van der Waals surface area (Å²) in [7, 11) is -7.56. The van der Waals surface area contributed by atoms with Crippen LogP contribution in [-0.2, 0) is 26.6 Å². The van der Waals surface area contributed by atoms with E-state index in [1.807, 2.05) is 9.62 Å². The molecule has 2 aromatic carbocycles. The van der Waals surface area contributed by atoms with Crippen LogP contribution in [0.3, 0.4) is 0 Å². The minimum atomic E-state index is -3.79. The fourth-order valence-corrected chi connectivity index (χ4v) is 8.00. The summed E-state index contributed by atoms with van der Waals surface area (Å²) in [4.78, 5) is 14.7. The van der Waals surface area contributed by atoms with E-state index in [2.05, 4.69) is 0 Å². The summed E-state index contributed by atoms with van der Waals surface area (Å²) in [6.07, 6.45) is 2.82. The Morgan fingerprint density at radius 1 is 0.919 bits per heavy atom. The van der Waals surface area contributed by atoms with Crippen molar-refractivity contribution in [3.63, 3.8) is 0 Å². The molecule has 2 aliphatic carbocycles. The van der Waals surface area contributed by atoms with Crippen molar-refractivity contribution in [1.29, 1.82) is 0 Å². The molecule has 37 heavy (non-hydrogen) atoms. The Balaban J connectivity index is 1.28. The van der Waals surface area contributed by atoms with E-state index in [0.29, 0.717) is 32.5 Å². The predicted molar refractivity (Wildman–Crippen MR) is 138 cm³/mol. The van der Waals surface area contributed by atoms with Crippen molar-refractivity contribution in [1.82, 2.24) is 13.9 Å². The van der Waals surface area contributed by atoms with Crippen molar-refractivity contribution in [2.24, 2.45) is 0 Å². The highest BCUT2D eigenvalue weighted by Crippen LogP contribution is 2.43. The highest BCUT2D eigenvalue weighted by atomic mass is 35.5. The molecule has 0 bridgehead atoms. The largest absolute Gasteiger partial charge is 0.296 e. The fraction of sp³-hybridized carbons (Fsp3) is 0.458. The van der Waals surface area contributed by atoms with Crippen molar-refractivity contribution in [2.45, 2.75) is 48.3 Å². The normalized spacial score (nSPS) is 19.6. The van der Waals surface area contributed by atoms with Gasteiger partial charge in [0.05, 0.1) is 15.7 Å². The van der Waals surface area contributed by atoms with Crippen LogP contribution in [0.15, 0.2) is 35.2 Å². The zero-order valence-corrected chi connectivity index (χ0v) is 22.9. The van der Waals surface area contributed by atoms with E-state index >= 15 is 0 Å². The van der Waals surface area contributed by atoms with Gasteiger partial charge in [-0.15, -0.1) is 0 Å². The Bertz CT molecular complexity index is 1430. The van der Waals surface area contributed by atoms with Gasteiger partial charge in [0.25, 0.3) is 5.91 Å². The number of hydrogen-bond donors (Lipinski definition) is 1. The van der Waals surface area contributed by atoms with E-state index in [1.165, 1.54) is 34.6 Å². The molecule has 0 spiro atoms. The first-order chi connectivity index (χ1) is 17.4. The number of nitrogens with zero attached hydrogens (tertiary/aromatic N) is 2. The highest BCUT2D eigenvalue weighted by molar-refractivity contribution is 7.91. The Morgan fingerprint density at radius 3 is 2.11 bits per heavy atom. The highest BCUT2D eigenvalue weighted by Gasteiger charge is 2.38. The Morgan fingerprint density at radius 2 is 1.54 bits per heavy atom. The van der Waals surface area contributed by atoms with Gasteiger partial charge in [-0.25, -0.2) is 25.9 Å². The second-order valence-electron chi connectivity index (χ2n) is 9.77. The smallest absolute Gasteiger partial charge is 0.267 e. The molecule has 3 fully saturated rings. The molecule has 0 atom stereocenters. The minimum absolute atomic E-state index is 0.0362. The van der Waals surface area contributed by atoms with Crippen LogP contribution in [0.5, 0.6) is 0 Å². The van der Waals surface area contributed by atoms with Gasteiger partial charge in [-0.3, -0.25) is 9.69 Å². The summed E-state index contributed by atoms with van der Waals surface area (Å²) in [5.74, 6) is -1.53. The van der Waals surface area contributed by atoms with Gasteiger partial charge in [0.15, 0.2) is 0 Å². The molecule has 0 unspecified atom stereocenters. The second-order valence-corrected chi connectivity index (χ2v) is 14.5. The number of rotatable bonds is 8. The van der Waals surface area contributed by atoms with E-state index in [9.17, 15) is 26.0 Å². The monoisotopic (exact) mass is 589 g/mol. The first-order valence-corrected chi connectivity index (χ1v) is 15.7. The zero-order valence-electron chi connectivity index (χ0n) is 19.8. The van der Waals surface area contributed by atoms with Gasteiger partial charge in [-0.05, 0) is 73.1 Å². The summed E-state index contributed by atoms with van der Waals surface area (Å²) in [6.45, 7) is 1.74. The molecule has 2 saturated carbocycles. The van der Waals surface area contributed by atoms with E-state index in [1.54, 1.807) is 0 Å². The molecule has 5 rings (SSSR count). The Labute approximate surface area is 225 Å².